The Morgan fingerprint density at radius 2 is 1.68 bits per heavy atom. The van der Waals surface area contributed by atoms with E-state index in [0.29, 0.717) is 34.7 Å². The van der Waals surface area contributed by atoms with Gasteiger partial charge >= 0.3 is 5.97 Å². The van der Waals surface area contributed by atoms with E-state index in [1.54, 1.807) is 5.57 Å². The van der Waals surface area contributed by atoms with Crippen LogP contribution in [0, 0.1) is 46.3 Å². The number of hydrogen-bond acceptors (Lipinski definition) is 2. The van der Waals surface area contributed by atoms with Gasteiger partial charge in [0.05, 0.1) is 5.56 Å². The SMILES string of the molecule is CC(C)[C@@H](C)C=C[C@@H](C)[C@H]1CC[C@H]2C3=CC=C4C[C@@H](OC(=O)c5ccccc5)CC[C@@]4(C)[C@@H]3CC[C@]12C. The van der Waals surface area contributed by atoms with Gasteiger partial charge in [0.2, 0.25) is 0 Å². The summed E-state index contributed by atoms with van der Waals surface area (Å²) in [5, 5.41) is 0. The summed E-state index contributed by atoms with van der Waals surface area (Å²) in [5.41, 5.74) is 4.54. The first-order valence-electron chi connectivity index (χ1n) is 15.0. The predicted octanol–water partition coefficient (Wildman–Crippen LogP) is 9.20. The molecule has 1 aromatic carbocycles. The van der Waals surface area contributed by atoms with Crippen LogP contribution < -0.4 is 0 Å². The maximum Gasteiger partial charge on any atom is 0.338 e. The minimum atomic E-state index is -0.182. The summed E-state index contributed by atoms with van der Waals surface area (Å²) in [4.78, 5) is 12.7. The van der Waals surface area contributed by atoms with Gasteiger partial charge in [-0.2, -0.15) is 0 Å². The maximum absolute atomic E-state index is 12.7. The van der Waals surface area contributed by atoms with E-state index in [1.807, 2.05) is 30.3 Å². The summed E-state index contributed by atoms with van der Waals surface area (Å²) in [6.45, 7) is 14.6. The first-order valence-corrected chi connectivity index (χ1v) is 15.0. The fourth-order valence-corrected chi connectivity index (χ4v) is 8.47. The first kappa shape index (κ1) is 26.5. The van der Waals surface area contributed by atoms with Crippen molar-refractivity contribution in [2.75, 3.05) is 0 Å². The molecule has 2 heteroatoms. The van der Waals surface area contributed by atoms with E-state index in [4.69, 9.17) is 4.74 Å². The largest absolute Gasteiger partial charge is 0.458 e. The topological polar surface area (TPSA) is 26.3 Å². The summed E-state index contributed by atoms with van der Waals surface area (Å²) in [5.74, 6) is 3.97. The standard InChI is InChI=1S/C35H48O2/c1-23(2)24(3)12-13-25(4)30-16-17-31-29-15-14-27-22-28(37-33(36)26-10-8-7-9-11-26)18-20-34(27,5)32(29)19-21-35(30,31)6/h7-15,23-25,28,30-32H,16-22H2,1-6H3/t24-,25+,28-,30+,31-,32+,34+,35+/m0/s1. The molecule has 5 rings (SSSR count). The molecule has 0 saturated heterocycles. The van der Waals surface area contributed by atoms with Gasteiger partial charge in [-0.3, -0.25) is 0 Å². The second-order valence-corrected chi connectivity index (χ2v) is 13.6. The van der Waals surface area contributed by atoms with Gasteiger partial charge in [0.25, 0.3) is 0 Å². The van der Waals surface area contributed by atoms with Crippen molar-refractivity contribution in [1.29, 1.82) is 0 Å². The highest BCUT2D eigenvalue weighted by Crippen LogP contribution is 2.66. The van der Waals surface area contributed by atoms with E-state index in [9.17, 15) is 4.79 Å². The lowest BCUT2D eigenvalue weighted by Gasteiger charge is -2.55. The highest BCUT2D eigenvalue weighted by atomic mass is 16.5. The van der Waals surface area contributed by atoms with E-state index in [2.05, 4.69) is 65.8 Å². The molecule has 0 spiro atoms. The van der Waals surface area contributed by atoms with Crippen LogP contribution in [-0.4, -0.2) is 12.1 Å². The smallest absolute Gasteiger partial charge is 0.338 e. The molecule has 1 aromatic rings. The van der Waals surface area contributed by atoms with Crippen molar-refractivity contribution in [3.8, 4) is 0 Å². The Morgan fingerprint density at radius 1 is 0.919 bits per heavy atom. The molecule has 4 aliphatic rings. The van der Waals surface area contributed by atoms with Gasteiger partial charge in [0.1, 0.15) is 6.10 Å². The number of carbonyl (C=O) groups is 1. The third-order valence-corrected chi connectivity index (χ3v) is 11.3. The molecule has 0 amide bonds. The third kappa shape index (κ3) is 4.79. The minimum Gasteiger partial charge on any atom is -0.458 e. The second kappa shape index (κ2) is 10.2. The number of esters is 1. The number of allylic oxidation sites excluding steroid dienone is 5. The van der Waals surface area contributed by atoms with Gasteiger partial charge < -0.3 is 4.74 Å². The van der Waals surface area contributed by atoms with Crippen molar-refractivity contribution >= 4 is 5.97 Å². The number of rotatable bonds is 6. The third-order valence-electron chi connectivity index (χ3n) is 11.3. The zero-order valence-corrected chi connectivity index (χ0v) is 24.0. The average Bonchev–Trinajstić information content (AvgIpc) is 3.25. The summed E-state index contributed by atoms with van der Waals surface area (Å²) in [6.07, 6.45) is 18.3. The van der Waals surface area contributed by atoms with Crippen LogP contribution in [0.5, 0.6) is 0 Å². The minimum absolute atomic E-state index is 0.00688. The van der Waals surface area contributed by atoms with Gasteiger partial charge in [-0.05, 0) is 97.0 Å². The molecule has 0 heterocycles. The molecule has 37 heavy (non-hydrogen) atoms. The number of carbonyl (C=O) groups excluding carboxylic acids is 1. The Balaban J connectivity index is 1.31. The molecule has 200 valence electrons. The van der Waals surface area contributed by atoms with Crippen molar-refractivity contribution in [2.45, 2.75) is 92.6 Å². The Bertz CT molecular complexity index is 1080. The molecule has 0 N–H and O–H groups in total. The summed E-state index contributed by atoms with van der Waals surface area (Å²) in [6, 6.07) is 9.43. The van der Waals surface area contributed by atoms with Crippen LogP contribution in [0.25, 0.3) is 0 Å². The fourth-order valence-electron chi connectivity index (χ4n) is 8.47. The van der Waals surface area contributed by atoms with E-state index in [-0.39, 0.29) is 17.5 Å². The molecule has 0 unspecified atom stereocenters. The van der Waals surface area contributed by atoms with E-state index < -0.39 is 0 Å². The van der Waals surface area contributed by atoms with Crippen LogP contribution in [0.4, 0.5) is 0 Å². The van der Waals surface area contributed by atoms with Crippen LogP contribution in [0.15, 0.2) is 65.8 Å². The fraction of sp³-hybridized carbons (Fsp3) is 0.629. The lowest BCUT2D eigenvalue weighted by molar-refractivity contribution is 0.00691. The molecular formula is C35H48O2. The number of benzene rings is 1. The van der Waals surface area contributed by atoms with E-state index in [1.165, 1.54) is 31.3 Å². The van der Waals surface area contributed by atoms with E-state index in [0.717, 1.165) is 31.1 Å². The van der Waals surface area contributed by atoms with Gasteiger partial charge in [-0.1, -0.05) is 95.2 Å². The van der Waals surface area contributed by atoms with Crippen LogP contribution >= 0.6 is 0 Å². The lowest BCUT2D eigenvalue weighted by Crippen LogP contribution is -2.46. The number of fused-ring (bicyclic) bond motifs is 5. The molecule has 0 aromatic heterocycles. The van der Waals surface area contributed by atoms with Crippen LogP contribution in [-0.2, 0) is 4.74 Å². The zero-order valence-electron chi connectivity index (χ0n) is 24.0. The normalized spacial score (nSPS) is 36.7. The van der Waals surface area contributed by atoms with Crippen molar-refractivity contribution in [3.05, 3.63) is 71.3 Å². The molecule has 0 bridgehead atoms. The summed E-state index contributed by atoms with van der Waals surface area (Å²) < 4.78 is 5.98. The van der Waals surface area contributed by atoms with E-state index >= 15 is 0 Å². The van der Waals surface area contributed by atoms with Crippen molar-refractivity contribution in [3.63, 3.8) is 0 Å². The molecule has 3 saturated carbocycles. The van der Waals surface area contributed by atoms with Gasteiger partial charge in [0.15, 0.2) is 0 Å². The van der Waals surface area contributed by atoms with Crippen molar-refractivity contribution < 1.29 is 9.53 Å². The monoisotopic (exact) mass is 500 g/mol. The molecule has 2 nitrogen and oxygen atoms in total. The first-order chi connectivity index (χ1) is 17.6. The Hall–Kier alpha value is -2.09. The molecule has 8 atom stereocenters. The highest BCUT2D eigenvalue weighted by Gasteiger charge is 2.57. The second-order valence-electron chi connectivity index (χ2n) is 13.6. The molecule has 3 fully saturated rings. The summed E-state index contributed by atoms with van der Waals surface area (Å²) in [7, 11) is 0. The Morgan fingerprint density at radius 3 is 2.41 bits per heavy atom. The van der Waals surface area contributed by atoms with Gasteiger partial charge in [0, 0.05) is 6.42 Å². The zero-order chi connectivity index (χ0) is 26.4. The predicted molar refractivity (Wildman–Crippen MR) is 153 cm³/mol. The van der Waals surface area contributed by atoms with Crippen LogP contribution in [0.1, 0.15) is 96.8 Å². The van der Waals surface area contributed by atoms with Gasteiger partial charge in [-0.15, -0.1) is 0 Å². The Labute approximate surface area is 225 Å². The molecule has 4 aliphatic carbocycles. The van der Waals surface area contributed by atoms with Crippen molar-refractivity contribution in [2.24, 2.45) is 46.3 Å². The number of hydrogen-bond donors (Lipinski definition) is 0. The van der Waals surface area contributed by atoms with Gasteiger partial charge in [-0.25, -0.2) is 4.79 Å². The molecule has 0 radical (unpaired) electrons. The summed E-state index contributed by atoms with van der Waals surface area (Å²) >= 11 is 0. The maximum atomic E-state index is 12.7. The highest BCUT2D eigenvalue weighted by molar-refractivity contribution is 5.89. The molecule has 0 aliphatic heterocycles. The average molecular weight is 501 g/mol. The number of ether oxygens (including phenoxy) is 1. The van der Waals surface area contributed by atoms with Crippen LogP contribution in [0.2, 0.25) is 0 Å². The Kier molecular flexibility index (Phi) is 7.33. The van der Waals surface area contributed by atoms with Crippen molar-refractivity contribution in [1.82, 2.24) is 0 Å². The molecular weight excluding hydrogens is 452 g/mol. The van der Waals surface area contributed by atoms with Crippen LogP contribution in [0.3, 0.4) is 0 Å². The lowest BCUT2D eigenvalue weighted by atomic mass is 9.50. The quantitative estimate of drug-likeness (QED) is 0.287.